The predicted octanol–water partition coefficient (Wildman–Crippen LogP) is -1.21. The van der Waals surface area contributed by atoms with E-state index in [9.17, 15) is 0 Å². The third-order valence-corrected chi connectivity index (χ3v) is 0.474. The van der Waals surface area contributed by atoms with Gasteiger partial charge in [-0.3, -0.25) is 5.43 Å². The highest BCUT2D eigenvalue weighted by atomic mass is 16.5. The minimum absolute atomic E-state index is 0.218. The summed E-state index contributed by atoms with van der Waals surface area (Å²) in [5.41, 5.74) is 7.51. The Bertz CT molecular complexity index is 78.9. The van der Waals surface area contributed by atoms with Crippen molar-refractivity contribution in [1.82, 2.24) is 5.43 Å². The topological polar surface area (TPSA) is 59.6 Å². The number of amidine groups is 1. The lowest BCUT2D eigenvalue weighted by molar-refractivity contribution is 0.312. The number of rotatable bonds is 0. The van der Waals surface area contributed by atoms with Crippen molar-refractivity contribution in [3.63, 3.8) is 0 Å². The molecule has 0 aliphatic carbocycles. The Hall–Kier alpha value is -0.930. The molecule has 1 aliphatic rings. The fourth-order valence-corrected chi connectivity index (χ4v) is 0.249. The van der Waals surface area contributed by atoms with E-state index in [0.717, 1.165) is 0 Å². The molecule has 4 nitrogen and oxygen atoms in total. The molecule has 0 amide bonds. The molecule has 0 unspecified atom stereocenters. The average Bonchev–Trinajstić information content (AvgIpc) is 1.86. The SMILES string of the molecule is NC1=NNCO1. The Labute approximate surface area is 35.0 Å². The molecule has 1 heterocycles. The molecule has 0 bridgehead atoms. The maximum absolute atomic E-state index is 5.00. The zero-order valence-corrected chi connectivity index (χ0v) is 3.14. The molecule has 0 aromatic carbocycles. The third kappa shape index (κ3) is 0.357. The zero-order chi connectivity index (χ0) is 4.41. The third-order valence-electron chi connectivity index (χ3n) is 0.474. The number of ether oxygens (including phenoxy) is 1. The highest BCUT2D eigenvalue weighted by molar-refractivity contribution is 5.71. The van der Waals surface area contributed by atoms with Gasteiger partial charge in [-0.05, 0) is 0 Å². The van der Waals surface area contributed by atoms with E-state index in [-0.39, 0.29) is 6.02 Å². The lowest BCUT2D eigenvalue weighted by Crippen LogP contribution is -2.10. The van der Waals surface area contributed by atoms with Crippen molar-refractivity contribution in [1.29, 1.82) is 0 Å². The number of nitrogens with two attached hydrogens (primary N) is 1. The summed E-state index contributed by atoms with van der Waals surface area (Å²) in [5, 5.41) is 3.46. The highest BCUT2D eigenvalue weighted by Gasteiger charge is 1.95. The van der Waals surface area contributed by atoms with Crippen LogP contribution in [0.2, 0.25) is 0 Å². The Morgan fingerprint density at radius 1 is 2.00 bits per heavy atom. The molecular formula is C2H5N3O. The van der Waals surface area contributed by atoms with Gasteiger partial charge in [-0.1, -0.05) is 0 Å². The summed E-state index contributed by atoms with van der Waals surface area (Å²) >= 11 is 0. The Kier molecular flexibility index (Phi) is 0.567. The van der Waals surface area contributed by atoms with E-state index in [1.807, 2.05) is 0 Å². The highest BCUT2D eigenvalue weighted by Crippen LogP contribution is 1.77. The quantitative estimate of drug-likeness (QED) is 0.390. The maximum Gasteiger partial charge on any atom is 0.305 e. The first-order chi connectivity index (χ1) is 2.89. The van der Waals surface area contributed by atoms with Gasteiger partial charge in [0.25, 0.3) is 0 Å². The molecule has 0 saturated carbocycles. The van der Waals surface area contributed by atoms with Gasteiger partial charge in [0.2, 0.25) is 0 Å². The van der Waals surface area contributed by atoms with Crippen molar-refractivity contribution in [3.8, 4) is 0 Å². The molecule has 1 aliphatic heterocycles. The van der Waals surface area contributed by atoms with E-state index in [0.29, 0.717) is 6.73 Å². The minimum atomic E-state index is 0.218. The summed E-state index contributed by atoms with van der Waals surface area (Å²) in [5.74, 6) is 0. The van der Waals surface area contributed by atoms with Gasteiger partial charge in [0.1, 0.15) is 0 Å². The molecule has 0 atom stereocenters. The molecular weight excluding hydrogens is 82.0 g/mol. The normalized spacial score (nSPS) is 18.3. The van der Waals surface area contributed by atoms with Crippen molar-refractivity contribution in [3.05, 3.63) is 0 Å². The van der Waals surface area contributed by atoms with E-state index >= 15 is 0 Å². The second kappa shape index (κ2) is 1.04. The molecule has 0 aromatic rings. The molecule has 1 rings (SSSR count). The van der Waals surface area contributed by atoms with Crippen LogP contribution < -0.4 is 11.2 Å². The summed E-state index contributed by atoms with van der Waals surface area (Å²) in [6.07, 6.45) is 0. The van der Waals surface area contributed by atoms with Gasteiger partial charge in [-0.25, -0.2) is 0 Å². The van der Waals surface area contributed by atoms with Crippen LogP contribution in [0.3, 0.4) is 0 Å². The van der Waals surface area contributed by atoms with Crippen molar-refractivity contribution in [2.75, 3.05) is 6.73 Å². The number of nitrogens with zero attached hydrogens (tertiary/aromatic N) is 1. The molecule has 4 heteroatoms. The van der Waals surface area contributed by atoms with E-state index in [4.69, 9.17) is 5.73 Å². The standard InChI is InChI=1S/C2H5N3O/c3-2-5-4-1-6-2/h4H,1H2,(H2,3,5). The lowest BCUT2D eigenvalue weighted by Gasteiger charge is -1.84. The summed E-state index contributed by atoms with van der Waals surface area (Å²) in [4.78, 5) is 0. The van der Waals surface area contributed by atoms with Gasteiger partial charge in [0, 0.05) is 0 Å². The van der Waals surface area contributed by atoms with Crippen LogP contribution in [0.25, 0.3) is 0 Å². The van der Waals surface area contributed by atoms with Crippen molar-refractivity contribution < 1.29 is 4.74 Å². The molecule has 0 aromatic heterocycles. The fourth-order valence-electron chi connectivity index (χ4n) is 0.249. The predicted molar refractivity (Wildman–Crippen MR) is 20.7 cm³/mol. The summed E-state index contributed by atoms with van der Waals surface area (Å²) in [6, 6.07) is 0.218. The first kappa shape index (κ1) is 3.27. The lowest BCUT2D eigenvalue weighted by atomic mass is 11.2. The van der Waals surface area contributed by atoms with Crippen LogP contribution in [0.4, 0.5) is 0 Å². The van der Waals surface area contributed by atoms with Crippen molar-refractivity contribution >= 4 is 6.02 Å². The van der Waals surface area contributed by atoms with Crippen molar-refractivity contribution in [2.45, 2.75) is 0 Å². The number of nitrogens with one attached hydrogen (secondary N) is 1. The number of hydrogen-bond donors (Lipinski definition) is 2. The molecule has 0 fully saturated rings. The first-order valence-corrected chi connectivity index (χ1v) is 1.58. The van der Waals surface area contributed by atoms with Gasteiger partial charge in [-0.2, -0.15) is 0 Å². The van der Waals surface area contributed by atoms with Gasteiger partial charge < -0.3 is 10.5 Å². The van der Waals surface area contributed by atoms with Crippen LogP contribution in [0.5, 0.6) is 0 Å². The maximum atomic E-state index is 5.00. The first-order valence-electron chi connectivity index (χ1n) is 1.58. The number of hydrazone groups is 1. The summed E-state index contributed by atoms with van der Waals surface area (Å²) < 4.78 is 4.57. The molecule has 0 saturated heterocycles. The molecule has 3 N–H and O–H groups in total. The number of hydrogen-bond acceptors (Lipinski definition) is 4. The van der Waals surface area contributed by atoms with E-state index in [1.165, 1.54) is 0 Å². The molecule has 0 radical (unpaired) electrons. The second-order valence-corrected chi connectivity index (χ2v) is 0.897. The minimum Gasteiger partial charge on any atom is -0.441 e. The van der Waals surface area contributed by atoms with Gasteiger partial charge in [0.05, 0.1) is 0 Å². The van der Waals surface area contributed by atoms with E-state index in [1.54, 1.807) is 0 Å². The summed E-state index contributed by atoms with van der Waals surface area (Å²) in [7, 11) is 0. The molecule has 34 valence electrons. The second-order valence-electron chi connectivity index (χ2n) is 0.897. The van der Waals surface area contributed by atoms with Crippen LogP contribution in [0, 0.1) is 0 Å². The van der Waals surface area contributed by atoms with Gasteiger partial charge in [0.15, 0.2) is 6.73 Å². The smallest absolute Gasteiger partial charge is 0.305 e. The average molecular weight is 87.1 g/mol. The van der Waals surface area contributed by atoms with Gasteiger partial charge >= 0.3 is 6.02 Å². The Balaban J connectivity index is 2.45. The van der Waals surface area contributed by atoms with Crippen LogP contribution in [-0.2, 0) is 4.74 Å². The van der Waals surface area contributed by atoms with E-state index in [2.05, 4.69) is 15.3 Å². The van der Waals surface area contributed by atoms with Gasteiger partial charge in [-0.15, -0.1) is 5.10 Å². The van der Waals surface area contributed by atoms with Crippen LogP contribution in [-0.4, -0.2) is 12.8 Å². The van der Waals surface area contributed by atoms with E-state index < -0.39 is 0 Å². The fraction of sp³-hybridized carbons (Fsp3) is 0.500. The largest absolute Gasteiger partial charge is 0.441 e. The summed E-state index contributed by atoms with van der Waals surface area (Å²) in [6.45, 7) is 0.409. The Morgan fingerprint density at radius 2 is 2.83 bits per heavy atom. The Morgan fingerprint density at radius 3 is 3.00 bits per heavy atom. The monoisotopic (exact) mass is 87.0 g/mol. The van der Waals surface area contributed by atoms with Crippen LogP contribution in [0.1, 0.15) is 0 Å². The zero-order valence-electron chi connectivity index (χ0n) is 3.14. The van der Waals surface area contributed by atoms with Crippen LogP contribution >= 0.6 is 0 Å². The van der Waals surface area contributed by atoms with Crippen molar-refractivity contribution in [2.24, 2.45) is 10.8 Å². The van der Waals surface area contributed by atoms with Crippen LogP contribution in [0.15, 0.2) is 5.10 Å². The molecule has 6 heavy (non-hydrogen) atoms. The molecule has 0 spiro atoms.